The van der Waals surface area contributed by atoms with E-state index >= 15 is 0 Å². The van der Waals surface area contributed by atoms with Gasteiger partial charge in [-0.05, 0) is 79.8 Å². The van der Waals surface area contributed by atoms with Gasteiger partial charge in [0.05, 0.1) is 39.9 Å². The van der Waals surface area contributed by atoms with Crippen LogP contribution in [0.1, 0.15) is 43.4 Å². The van der Waals surface area contributed by atoms with Gasteiger partial charge in [0, 0.05) is 11.6 Å². The number of fused-ring (bicyclic) bond motifs is 3. The third-order valence-electron chi connectivity index (χ3n) is 6.77. The van der Waals surface area contributed by atoms with E-state index in [-0.39, 0.29) is 38.5 Å². The van der Waals surface area contributed by atoms with Gasteiger partial charge in [-0.2, -0.15) is 0 Å². The number of hydrogen-bond acceptors (Lipinski definition) is 5. The van der Waals surface area contributed by atoms with Crippen molar-refractivity contribution in [2.45, 2.75) is 37.1 Å². The Kier molecular flexibility index (Phi) is 7.30. The minimum atomic E-state index is -3.88. The van der Waals surface area contributed by atoms with E-state index < -0.39 is 10.0 Å². The molecule has 1 aliphatic heterocycles. The van der Waals surface area contributed by atoms with Crippen molar-refractivity contribution < 1.29 is 17.9 Å². The normalized spacial score (nSPS) is 20.1. The number of ether oxygens (including phenoxy) is 2. The average molecular weight is 560 g/mol. The molecule has 0 saturated carbocycles. The lowest BCUT2D eigenvalue weighted by molar-refractivity contribution is 0.287. The predicted octanol–water partition coefficient (Wildman–Crippen LogP) is 7.42. The maximum absolute atomic E-state index is 13.2. The number of hydrogen-bond donors (Lipinski definition) is 2. The largest absolute Gasteiger partial charge is 0.490 e. The van der Waals surface area contributed by atoms with Crippen molar-refractivity contribution in [2.24, 2.45) is 5.92 Å². The first-order valence-electron chi connectivity index (χ1n) is 12.3. The van der Waals surface area contributed by atoms with E-state index in [0.717, 1.165) is 34.7 Å². The molecule has 2 N–H and O–H groups in total. The van der Waals surface area contributed by atoms with Crippen molar-refractivity contribution in [1.82, 2.24) is 0 Å². The topological polar surface area (TPSA) is 76.7 Å². The van der Waals surface area contributed by atoms with E-state index in [1.165, 1.54) is 0 Å². The third-order valence-corrected chi connectivity index (χ3v) is 8.95. The van der Waals surface area contributed by atoms with Gasteiger partial charge in [0.25, 0.3) is 10.0 Å². The van der Waals surface area contributed by atoms with Crippen LogP contribution in [0.5, 0.6) is 11.5 Å². The first-order chi connectivity index (χ1) is 17.8. The molecule has 0 amide bonds. The van der Waals surface area contributed by atoms with Gasteiger partial charge in [0.2, 0.25) is 0 Å². The standard InChI is InChI=1S/C28H28Cl2N2O4S/c1-3-35-25-14-11-17(15-26(25)36-4-2)28-20-8-5-7-19(20)21-16-18(12-13-23(21)31-28)37(33,34)32-24-10-6-9-22(29)27(24)30/h5-7,9-16,19-20,28,31-32H,3-4,8H2,1-2H3/t19-,20+,28+/m0/s1. The molecule has 5 rings (SSSR count). The molecular formula is C28H28Cl2N2O4S. The summed E-state index contributed by atoms with van der Waals surface area (Å²) in [5, 5.41) is 4.10. The van der Waals surface area contributed by atoms with Crippen LogP contribution in [0.2, 0.25) is 10.0 Å². The van der Waals surface area contributed by atoms with E-state index in [4.69, 9.17) is 32.7 Å². The first kappa shape index (κ1) is 25.8. The van der Waals surface area contributed by atoms with Gasteiger partial charge < -0.3 is 14.8 Å². The van der Waals surface area contributed by atoms with Gasteiger partial charge >= 0.3 is 0 Å². The van der Waals surface area contributed by atoms with Crippen LogP contribution in [0.4, 0.5) is 11.4 Å². The van der Waals surface area contributed by atoms with Crippen molar-refractivity contribution in [3.8, 4) is 11.5 Å². The Labute approximate surface area is 227 Å². The van der Waals surface area contributed by atoms with Gasteiger partial charge in [-0.25, -0.2) is 8.42 Å². The highest BCUT2D eigenvalue weighted by Crippen LogP contribution is 2.51. The second-order valence-electron chi connectivity index (χ2n) is 9.00. The van der Waals surface area contributed by atoms with Gasteiger partial charge in [-0.15, -0.1) is 0 Å². The molecule has 0 aromatic heterocycles. The molecule has 37 heavy (non-hydrogen) atoms. The second-order valence-corrected chi connectivity index (χ2v) is 11.5. The predicted molar refractivity (Wildman–Crippen MR) is 149 cm³/mol. The van der Waals surface area contributed by atoms with Crippen LogP contribution in [0, 0.1) is 5.92 Å². The highest BCUT2D eigenvalue weighted by atomic mass is 35.5. The minimum absolute atomic E-state index is 0.0354. The summed E-state index contributed by atoms with van der Waals surface area (Å²) in [7, 11) is -3.88. The SMILES string of the molecule is CCOc1ccc([C@H]2Nc3ccc(S(=O)(=O)Nc4cccc(Cl)c4Cl)cc3[C@H]3C=CC[C@H]32)cc1OCC. The van der Waals surface area contributed by atoms with Gasteiger partial charge in [-0.1, -0.05) is 47.5 Å². The van der Waals surface area contributed by atoms with E-state index in [9.17, 15) is 8.42 Å². The van der Waals surface area contributed by atoms with E-state index in [1.807, 2.05) is 32.0 Å². The zero-order chi connectivity index (χ0) is 26.2. The summed E-state index contributed by atoms with van der Waals surface area (Å²) in [5.74, 6) is 1.76. The van der Waals surface area contributed by atoms with Crippen molar-refractivity contribution in [2.75, 3.05) is 23.3 Å². The quantitative estimate of drug-likeness (QED) is 0.281. The van der Waals surface area contributed by atoms with Gasteiger partial charge in [0.1, 0.15) is 0 Å². The van der Waals surface area contributed by atoms with Crippen molar-refractivity contribution >= 4 is 44.6 Å². The molecule has 1 aliphatic carbocycles. The molecule has 3 atom stereocenters. The lowest BCUT2D eigenvalue weighted by atomic mass is 9.77. The van der Waals surface area contributed by atoms with Crippen LogP contribution in [-0.4, -0.2) is 21.6 Å². The molecule has 0 spiro atoms. The highest BCUT2D eigenvalue weighted by molar-refractivity contribution is 7.92. The van der Waals surface area contributed by atoms with E-state index in [2.05, 4.69) is 28.3 Å². The molecule has 0 fully saturated rings. The van der Waals surface area contributed by atoms with Crippen LogP contribution in [-0.2, 0) is 10.0 Å². The summed E-state index contributed by atoms with van der Waals surface area (Å²) >= 11 is 12.3. The van der Waals surface area contributed by atoms with E-state index in [0.29, 0.717) is 13.2 Å². The Bertz CT molecular complexity index is 1460. The van der Waals surface area contributed by atoms with Gasteiger partial charge in [0.15, 0.2) is 11.5 Å². The summed E-state index contributed by atoms with van der Waals surface area (Å²) in [6.45, 7) is 5.01. The molecule has 1 heterocycles. The summed E-state index contributed by atoms with van der Waals surface area (Å²) in [6.07, 6.45) is 5.22. The fourth-order valence-electron chi connectivity index (χ4n) is 5.12. The molecule has 0 saturated heterocycles. The van der Waals surface area contributed by atoms with Crippen LogP contribution < -0.4 is 19.5 Å². The number of halogens is 2. The Hall–Kier alpha value is -2.87. The van der Waals surface area contributed by atoms with Crippen molar-refractivity contribution in [1.29, 1.82) is 0 Å². The molecule has 3 aromatic carbocycles. The minimum Gasteiger partial charge on any atom is -0.490 e. The molecule has 9 heteroatoms. The highest BCUT2D eigenvalue weighted by Gasteiger charge is 2.38. The summed E-state index contributed by atoms with van der Waals surface area (Å²) < 4.78 is 40.6. The van der Waals surface area contributed by atoms with Crippen molar-refractivity contribution in [3.05, 3.63) is 87.9 Å². The molecule has 194 valence electrons. The average Bonchev–Trinajstić information content (AvgIpc) is 3.38. The fourth-order valence-corrected chi connectivity index (χ4v) is 6.63. The van der Waals surface area contributed by atoms with Crippen LogP contribution >= 0.6 is 23.2 Å². The second kappa shape index (κ2) is 10.5. The molecule has 3 aromatic rings. The lowest BCUT2D eigenvalue weighted by Crippen LogP contribution is -2.29. The lowest BCUT2D eigenvalue weighted by Gasteiger charge is -2.38. The Morgan fingerprint density at radius 3 is 2.57 bits per heavy atom. The monoisotopic (exact) mass is 558 g/mol. The molecule has 2 aliphatic rings. The maximum atomic E-state index is 13.2. The molecule has 0 radical (unpaired) electrons. The van der Waals surface area contributed by atoms with Crippen LogP contribution in [0.15, 0.2) is 71.6 Å². The Morgan fingerprint density at radius 2 is 1.78 bits per heavy atom. The Morgan fingerprint density at radius 1 is 1.00 bits per heavy atom. The number of nitrogens with one attached hydrogen (secondary N) is 2. The van der Waals surface area contributed by atoms with E-state index in [1.54, 1.807) is 30.3 Å². The number of allylic oxidation sites excluding steroid dienone is 2. The van der Waals surface area contributed by atoms with Crippen LogP contribution in [0.25, 0.3) is 0 Å². The number of benzene rings is 3. The number of rotatable bonds is 8. The third kappa shape index (κ3) is 5.00. The molecule has 6 nitrogen and oxygen atoms in total. The summed E-state index contributed by atoms with van der Waals surface area (Å²) in [5.41, 5.74) is 3.20. The number of anilines is 2. The zero-order valence-electron chi connectivity index (χ0n) is 20.5. The Balaban J connectivity index is 1.47. The molecular weight excluding hydrogens is 531 g/mol. The van der Waals surface area contributed by atoms with Crippen LogP contribution in [0.3, 0.4) is 0 Å². The molecule has 0 bridgehead atoms. The smallest absolute Gasteiger partial charge is 0.261 e. The zero-order valence-corrected chi connectivity index (χ0v) is 22.8. The fraction of sp³-hybridized carbons (Fsp3) is 0.286. The summed E-state index contributed by atoms with van der Waals surface area (Å²) in [6, 6.07) is 16.1. The van der Waals surface area contributed by atoms with Crippen molar-refractivity contribution in [3.63, 3.8) is 0 Å². The first-order valence-corrected chi connectivity index (χ1v) is 14.5. The molecule has 0 unspecified atom stereocenters. The summed E-state index contributed by atoms with van der Waals surface area (Å²) in [4.78, 5) is 0.168. The number of sulfonamides is 1. The maximum Gasteiger partial charge on any atom is 0.261 e. The van der Waals surface area contributed by atoms with Gasteiger partial charge in [-0.3, -0.25) is 4.72 Å².